The highest BCUT2D eigenvalue weighted by Crippen LogP contribution is 2.25. The summed E-state index contributed by atoms with van der Waals surface area (Å²) >= 11 is 0. The predicted molar refractivity (Wildman–Crippen MR) is 108 cm³/mol. The summed E-state index contributed by atoms with van der Waals surface area (Å²) in [7, 11) is 2.18. The fraction of sp³-hybridized carbons (Fsp3) is 0.714. The number of amides is 1. The number of nitrogens with one attached hydrogen (secondary N) is 1. The Bertz CT molecular complexity index is 698. The first-order valence-electron chi connectivity index (χ1n) is 10.3. The van der Waals surface area contributed by atoms with Crippen LogP contribution in [-0.2, 0) is 0 Å². The smallest absolute Gasteiger partial charge is 0.261 e. The van der Waals surface area contributed by atoms with E-state index < -0.39 is 0 Å². The first-order chi connectivity index (χ1) is 12.9. The quantitative estimate of drug-likeness (QED) is 0.876. The molecule has 27 heavy (non-hydrogen) atoms. The summed E-state index contributed by atoms with van der Waals surface area (Å²) in [6.45, 7) is 12.4. The molecule has 0 aromatic carbocycles. The number of carbonyl (C=O) groups excluding carboxylic acids is 1. The van der Waals surface area contributed by atoms with Gasteiger partial charge in [0.1, 0.15) is 5.56 Å². The van der Waals surface area contributed by atoms with Crippen molar-refractivity contribution in [3.8, 4) is 0 Å². The molecule has 3 heterocycles. The van der Waals surface area contributed by atoms with Crippen molar-refractivity contribution in [2.24, 2.45) is 5.92 Å². The first-order valence-corrected chi connectivity index (χ1v) is 10.3. The molecule has 6 heteroatoms. The van der Waals surface area contributed by atoms with Crippen LogP contribution in [0.4, 0.5) is 0 Å². The average molecular weight is 375 g/mol. The summed E-state index contributed by atoms with van der Waals surface area (Å²) in [6.07, 6.45) is 2.03. The Morgan fingerprint density at radius 1 is 1.04 bits per heavy atom. The molecule has 0 saturated carbocycles. The zero-order valence-corrected chi connectivity index (χ0v) is 17.2. The summed E-state index contributed by atoms with van der Waals surface area (Å²) in [5.74, 6) is 0.741. The number of likely N-dealkylation sites (tertiary alicyclic amines) is 1. The van der Waals surface area contributed by atoms with Crippen molar-refractivity contribution >= 4 is 5.91 Å². The molecule has 0 unspecified atom stereocenters. The van der Waals surface area contributed by atoms with Crippen molar-refractivity contribution in [3.05, 3.63) is 33.7 Å². The Hall–Kier alpha value is -1.66. The van der Waals surface area contributed by atoms with Crippen molar-refractivity contribution in [1.82, 2.24) is 19.7 Å². The van der Waals surface area contributed by atoms with Gasteiger partial charge in [-0.25, -0.2) is 0 Å². The number of aromatic nitrogens is 1. The molecule has 2 saturated heterocycles. The maximum absolute atomic E-state index is 12.8. The molecular weight excluding hydrogens is 340 g/mol. The van der Waals surface area contributed by atoms with Gasteiger partial charge in [0.05, 0.1) is 0 Å². The molecule has 1 aromatic rings. The van der Waals surface area contributed by atoms with Crippen LogP contribution in [0.5, 0.6) is 0 Å². The average Bonchev–Trinajstić information content (AvgIpc) is 2.67. The van der Waals surface area contributed by atoms with Crippen molar-refractivity contribution in [1.29, 1.82) is 0 Å². The van der Waals surface area contributed by atoms with Crippen molar-refractivity contribution in [2.75, 3.05) is 46.3 Å². The maximum atomic E-state index is 12.8. The number of hydrogen-bond acceptors (Lipinski definition) is 4. The van der Waals surface area contributed by atoms with Crippen molar-refractivity contribution in [3.63, 3.8) is 0 Å². The molecule has 0 aliphatic carbocycles. The molecular formula is C21H34N4O2. The molecule has 0 spiro atoms. The van der Waals surface area contributed by atoms with Crippen LogP contribution >= 0.6 is 0 Å². The van der Waals surface area contributed by atoms with Gasteiger partial charge < -0.3 is 14.8 Å². The largest absolute Gasteiger partial charge is 0.338 e. The lowest BCUT2D eigenvalue weighted by atomic mass is 9.89. The van der Waals surface area contributed by atoms with E-state index in [1.165, 1.54) is 0 Å². The van der Waals surface area contributed by atoms with E-state index in [2.05, 4.69) is 28.8 Å². The minimum atomic E-state index is -0.265. The summed E-state index contributed by atoms with van der Waals surface area (Å²) in [6, 6.07) is 4.11. The molecule has 1 aromatic heterocycles. The number of nitrogens with zero attached hydrogens (tertiary/aromatic N) is 3. The van der Waals surface area contributed by atoms with Crippen LogP contribution in [0.25, 0.3) is 0 Å². The van der Waals surface area contributed by atoms with Crippen molar-refractivity contribution in [2.45, 2.75) is 45.6 Å². The van der Waals surface area contributed by atoms with E-state index in [9.17, 15) is 9.59 Å². The van der Waals surface area contributed by atoms with Gasteiger partial charge in [0.25, 0.3) is 11.5 Å². The molecule has 0 radical (unpaired) electrons. The summed E-state index contributed by atoms with van der Waals surface area (Å²) in [5, 5.41) is 0. The van der Waals surface area contributed by atoms with Crippen LogP contribution in [-0.4, -0.2) is 77.9 Å². The minimum absolute atomic E-state index is 0.128. The molecule has 0 bridgehead atoms. The monoisotopic (exact) mass is 374 g/mol. The zero-order chi connectivity index (χ0) is 19.6. The van der Waals surface area contributed by atoms with E-state index in [4.69, 9.17) is 0 Å². The fourth-order valence-electron chi connectivity index (χ4n) is 4.28. The van der Waals surface area contributed by atoms with Gasteiger partial charge in [-0.15, -0.1) is 0 Å². The van der Waals surface area contributed by atoms with E-state index in [1.54, 1.807) is 6.07 Å². The van der Waals surface area contributed by atoms with Gasteiger partial charge in [-0.05, 0) is 50.8 Å². The summed E-state index contributed by atoms with van der Waals surface area (Å²) < 4.78 is 0. The number of likely N-dealkylation sites (N-methyl/N-ethyl adjacent to an activating group) is 1. The number of aromatic amines is 1. The number of piperidine rings is 1. The zero-order valence-electron chi connectivity index (χ0n) is 17.2. The molecule has 1 N–H and O–H groups in total. The third-order valence-electron chi connectivity index (χ3n) is 6.41. The lowest BCUT2D eigenvalue weighted by Crippen LogP contribution is -2.52. The highest BCUT2D eigenvalue weighted by atomic mass is 16.2. The van der Waals surface area contributed by atoms with Crippen LogP contribution in [0.2, 0.25) is 0 Å². The van der Waals surface area contributed by atoms with Crippen LogP contribution in [0.1, 0.15) is 55.6 Å². The lowest BCUT2D eigenvalue weighted by molar-refractivity contribution is 0.0499. The van der Waals surface area contributed by atoms with E-state index >= 15 is 0 Å². The van der Waals surface area contributed by atoms with Crippen LogP contribution in [0, 0.1) is 5.92 Å². The van der Waals surface area contributed by atoms with Gasteiger partial charge in [0.2, 0.25) is 0 Å². The molecule has 150 valence electrons. The maximum Gasteiger partial charge on any atom is 0.261 e. The molecule has 1 atom stereocenters. The summed E-state index contributed by atoms with van der Waals surface area (Å²) in [4.78, 5) is 34.8. The second-order valence-corrected chi connectivity index (χ2v) is 8.52. The molecule has 2 aliphatic heterocycles. The Morgan fingerprint density at radius 3 is 2.22 bits per heavy atom. The Balaban J connectivity index is 1.57. The van der Waals surface area contributed by atoms with Crippen LogP contribution in [0.3, 0.4) is 0 Å². The number of hydrogen-bond donors (Lipinski definition) is 1. The minimum Gasteiger partial charge on any atom is -0.338 e. The van der Waals surface area contributed by atoms with E-state index in [0.29, 0.717) is 12.0 Å². The normalized spacial score (nSPS) is 21.6. The van der Waals surface area contributed by atoms with E-state index in [1.807, 2.05) is 24.8 Å². The van der Waals surface area contributed by atoms with Crippen molar-refractivity contribution < 1.29 is 4.79 Å². The Labute approximate surface area is 162 Å². The van der Waals surface area contributed by atoms with Crippen LogP contribution < -0.4 is 5.56 Å². The SMILES string of the molecule is CC(C)c1ccc(C(=O)N2CCC([C@H](C)N3CCN(C)CC3)CC2)c(=O)[nH]1. The standard InChI is InChI=1S/C21H34N4O2/c1-15(2)19-6-5-18(20(26)22-19)21(27)25-9-7-17(8-10-25)16(3)24-13-11-23(4)12-14-24/h5-6,15-17H,7-14H2,1-4H3,(H,22,26)/t16-/m0/s1. The van der Waals surface area contributed by atoms with E-state index in [-0.39, 0.29) is 22.9 Å². The Kier molecular flexibility index (Phi) is 6.37. The summed E-state index contributed by atoms with van der Waals surface area (Å²) in [5.41, 5.74) is 0.875. The number of piperazine rings is 1. The number of carbonyl (C=O) groups is 1. The second-order valence-electron chi connectivity index (χ2n) is 8.52. The van der Waals surface area contributed by atoms with Gasteiger partial charge in [0.15, 0.2) is 0 Å². The molecule has 6 nitrogen and oxygen atoms in total. The predicted octanol–water partition coefficient (Wildman–Crippen LogP) is 1.99. The third-order valence-corrected chi connectivity index (χ3v) is 6.41. The van der Waals surface area contributed by atoms with Gasteiger partial charge in [-0.2, -0.15) is 0 Å². The molecule has 2 fully saturated rings. The number of pyridine rings is 1. The molecule has 2 aliphatic rings. The van der Waals surface area contributed by atoms with Crippen LogP contribution in [0.15, 0.2) is 16.9 Å². The molecule has 3 rings (SSSR count). The van der Waals surface area contributed by atoms with Gasteiger partial charge >= 0.3 is 0 Å². The highest BCUT2D eigenvalue weighted by Gasteiger charge is 2.31. The lowest BCUT2D eigenvalue weighted by Gasteiger charge is -2.42. The van der Waals surface area contributed by atoms with Gasteiger partial charge in [-0.3, -0.25) is 14.5 Å². The van der Waals surface area contributed by atoms with E-state index in [0.717, 1.165) is 57.8 Å². The third kappa shape index (κ3) is 4.61. The Morgan fingerprint density at radius 2 is 1.67 bits per heavy atom. The topological polar surface area (TPSA) is 59.7 Å². The molecule has 1 amide bonds. The first kappa shape index (κ1) is 20.1. The number of rotatable bonds is 4. The fourth-order valence-corrected chi connectivity index (χ4v) is 4.28. The van der Waals surface area contributed by atoms with Gasteiger partial charge in [0, 0.05) is 51.0 Å². The highest BCUT2D eigenvalue weighted by molar-refractivity contribution is 5.93. The van der Waals surface area contributed by atoms with Gasteiger partial charge in [-0.1, -0.05) is 13.8 Å². The second kappa shape index (κ2) is 8.57. The number of H-pyrrole nitrogens is 1.